The summed E-state index contributed by atoms with van der Waals surface area (Å²) in [4.78, 5) is 24.3. The van der Waals surface area contributed by atoms with E-state index in [1.165, 1.54) is 40.8 Å². The Morgan fingerprint density at radius 1 is 1.07 bits per heavy atom. The van der Waals surface area contributed by atoms with Crippen LogP contribution < -0.4 is 15.0 Å². The van der Waals surface area contributed by atoms with E-state index in [4.69, 9.17) is 0 Å². The van der Waals surface area contributed by atoms with Gasteiger partial charge in [-0.25, -0.2) is 14.5 Å². The average molecular weight is 635 g/mol. The van der Waals surface area contributed by atoms with Crippen molar-refractivity contribution in [3.05, 3.63) is 89.7 Å². The molecule has 1 saturated heterocycles. The predicted octanol–water partition coefficient (Wildman–Crippen LogP) is 7.38. The highest BCUT2D eigenvalue weighted by molar-refractivity contribution is 8.14. The molecule has 6 rings (SSSR count). The number of rotatable bonds is 6. The van der Waals surface area contributed by atoms with Crippen LogP contribution in [0.15, 0.2) is 78.0 Å². The van der Waals surface area contributed by atoms with Crippen LogP contribution in [-0.2, 0) is 12.8 Å². The topological polar surface area (TPSA) is 84.6 Å². The number of aromatic nitrogens is 3. The van der Waals surface area contributed by atoms with Crippen LogP contribution >= 0.6 is 11.8 Å². The van der Waals surface area contributed by atoms with E-state index in [1.54, 1.807) is 11.8 Å². The second kappa shape index (κ2) is 12.6. The molecule has 234 valence electrons. The van der Waals surface area contributed by atoms with E-state index in [0.29, 0.717) is 36.2 Å². The Morgan fingerprint density at radius 2 is 1.82 bits per heavy atom. The Morgan fingerprint density at radius 3 is 2.58 bits per heavy atom. The number of aliphatic imine (C=N–C) groups is 1. The smallest absolute Gasteiger partial charge is 0.406 e. The molecule has 12 heteroatoms. The van der Waals surface area contributed by atoms with Gasteiger partial charge in [-0.15, -0.1) is 18.3 Å². The molecular formula is C33H33F3N6O2S. The van der Waals surface area contributed by atoms with Crippen LogP contribution in [0.25, 0.3) is 17.1 Å². The Hall–Kier alpha value is -4.32. The number of carbonyl (C=O) groups is 1. The molecule has 0 bridgehead atoms. The number of fused-ring (bicyclic) bond motifs is 1. The summed E-state index contributed by atoms with van der Waals surface area (Å²) < 4.78 is 42.8. The number of ether oxygens (including phenoxy) is 1. The SMILES string of the molecule is CC1CS/C(=N\C(=O)NC2Cc3ccc(-c4ncn(-c5ccc(OC(F)(F)F)cc5)n4)cc3C2)N(c2ccccc2C(C)C)C1. The number of nitrogens with zero attached hydrogens (tertiary/aromatic N) is 5. The molecule has 1 fully saturated rings. The van der Waals surface area contributed by atoms with Gasteiger partial charge >= 0.3 is 12.4 Å². The van der Waals surface area contributed by atoms with Crippen LogP contribution in [0.1, 0.15) is 43.4 Å². The molecule has 1 aliphatic heterocycles. The van der Waals surface area contributed by atoms with Crippen molar-refractivity contribution in [2.45, 2.75) is 51.9 Å². The molecule has 1 aromatic heterocycles. The van der Waals surface area contributed by atoms with Crippen molar-refractivity contribution < 1.29 is 22.7 Å². The number of carbonyl (C=O) groups excluding carboxylic acids is 1. The molecule has 2 amide bonds. The van der Waals surface area contributed by atoms with Crippen LogP contribution in [0.5, 0.6) is 5.75 Å². The van der Waals surface area contributed by atoms with Crippen molar-refractivity contribution in [1.29, 1.82) is 0 Å². The van der Waals surface area contributed by atoms with Gasteiger partial charge in [0.05, 0.1) is 5.69 Å². The highest BCUT2D eigenvalue weighted by atomic mass is 32.2. The average Bonchev–Trinajstić information content (AvgIpc) is 3.64. The molecular weight excluding hydrogens is 601 g/mol. The van der Waals surface area contributed by atoms with E-state index >= 15 is 0 Å². The lowest BCUT2D eigenvalue weighted by Crippen LogP contribution is -2.41. The first-order valence-electron chi connectivity index (χ1n) is 14.8. The summed E-state index contributed by atoms with van der Waals surface area (Å²) in [7, 11) is 0. The first kappa shape index (κ1) is 30.7. The van der Waals surface area contributed by atoms with Crippen molar-refractivity contribution in [3.8, 4) is 22.8 Å². The third-order valence-electron chi connectivity index (χ3n) is 7.82. The van der Waals surface area contributed by atoms with Crippen LogP contribution in [0.2, 0.25) is 0 Å². The maximum absolute atomic E-state index is 13.2. The molecule has 1 aliphatic carbocycles. The summed E-state index contributed by atoms with van der Waals surface area (Å²) in [5, 5.41) is 8.35. The monoisotopic (exact) mass is 634 g/mol. The number of hydrogen-bond acceptors (Lipinski definition) is 5. The molecule has 45 heavy (non-hydrogen) atoms. The van der Waals surface area contributed by atoms with Crippen LogP contribution in [-0.4, -0.2) is 50.7 Å². The van der Waals surface area contributed by atoms with Gasteiger partial charge in [0.25, 0.3) is 0 Å². The largest absolute Gasteiger partial charge is 0.573 e. The minimum absolute atomic E-state index is 0.0843. The third kappa shape index (κ3) is 7.16. The number of anilines is 1. The van der Waals surface area contributed by atoms with E-state index < -0.39 is 6.36 Å². The maximum Gasteiger partial charge on any atom is 0.573 e. The van der Waals surface area contributed by atoms with E-state index in [9.17, 15) is 18.0 Å². The lowest BCUT2D eigenvalue weighted by Gasteiger charge is -2.35. The quantitative estimate of drug-likeness (QED) is 0.238. The number of amides is 2. The summed E-state index contributed by atoms with van der Waals surface area (Å²) in [6.07, 6.45) is -1.88. The van der Waals surface area contributed by atoms with Gasteiger partial charge in [-0.05, 0) is 77.8 Å². The zero-order valence-corrected chi connectivity index (χ0v) is 25.9. The van der Waals surface area contributed by atoms with E-state index in [2.05, 4.69) is 62.9 Å². The Bertz CT molecular complexity index is 1720. The molecule has 0 radical (unpaired) electrons. The number of urea groups is 1. The molecule has 2 unspecified atom stereocenters. The van der Waals surface area contributed by atoms with Gasteiger partial charge in [0.15, 0.2) is 11.0 Å². The molecule has 2 atom stereocenters. The summed E-state index contributed by atoms with van der Waals surface area (Å²) in [5.74, 6) is 1.90. The van der Waals surface area contributed by atoms with Gasteiger partial charge in [-0.1, -0.05) is 62.9 Å². The Balaban J connectivity index is 1.12. The zero-order valence-electron chi connectivity index (χ0n) is 25.1. The van der Waals surface area contributed by atoms with Crippen LogP contribution in [0, 0.1) is 5.92 Å². The summed E-state index contributed by atoms with van der Waals surface area (Å²) in [6.45, 7) is 7.37. The Kier molecular flexibility index (Phi) is 8.59. The molecule has 0 spiro atoms. The zero-order chi connectivity index (χ0) is 31.7. The number of amidine groups is 1. The predicted molar refractivity (Wildman–Crippen MR) is 170 cm³/mol. The van der Waals surface area contributed by atoms with E-state index in [-0.39, 0.29) is 17.8 Å². The first-order chi connectivity index (χ1) is 21.5. The minimum atomic E-state index is -4.75. The fourth-order valence-electron chi connectivity index (χ4n) is 5.73. The molecule has 2 aliphatic rings. The molecule has 4 aromatic rings. The molecule has 3 aromatic carbocycles. The minimum Gasteiger partial charge on any atom is -0.406 e. The lowest BCUT2D eigenvalue weighted by atomic mass is 10.00. The highest BCUT2D eigenvalue weighted by Gasteiger charge is 2.31. The van der Waals surface area contributed by atoms with Gasteiger partial charge in [-0.3, -0.25) is 0 Å². The van der Waals surface area contributed by atoms with Crippen molar-refractivity contribution in [2.75, 3.05) is 17.2 Å². The molecule has 2 heterocycles. The molecule has 1 N–H and O–H groups in total. The fourth-order valence-corrected chi connectivity index (χ4v) is 6.74. The normalized spacial score (nSPS) is 19.2. The fraction of sp³-hybridized carbons (Fsp3) is 0.333. The van der Waals surface area contributed by atoms with Gasteiger partial charge in [-0.2, -0.15) is 4.99 Å². The van der Waals surface area contributed by atoms with Gasteiger partial charge in [0.2, 0.25) is 0 Å². The van der Waals surface area contributed by atoms with Crippen molar-refractivity contribution in [2.24, 2.45) is 10.9 Å². The number of nitrogens with one attached hydrogen (secondary N) is 1. The number of para-hydroxylation sites is 1. The first-order valence-corrected chi connectivity index (χ1v) is 15.8. The number of benzene rings is 3. The van der Waals surface area contributed by atoms with Gasteiger partial charge in [0.1, 0.15) is 12.1 Å². The number of hydrogen-bond donors (Lipinski definition) is 1. The van der Waals surface area contributed by atoms with E-state index in [0.717, 1.165) is 39.8 Å². The Labute approximate surface area is 263 Å². The summed E-state index contributed by atoms with van der Waals surface area (Å²) >= 11 is 1.62. The van der Waals surface area contributed by atoms with Crippen LogP contribution in [0.4, 0.5) is 23.7 Å². The highest BCUT2D eigenvalue weighted by Crippen LogP contribution is 2.34. The second-order valence-electron chi connectivity index (χ2n) is 11.7. The number of thioether (sulfide) groups is 1. The summed E-state index contributed by atoms with van der Waals surface area (Å²) in [5.41, 5.74) is 5.93. The molecule has 8 nitrogen and oxygen atoms in total. The van der Waals surface area contributed by atoms with Crippen molar-refractivity contribution in [3.63, 3.8) is 0 Å². The number of halogens is 3. The van der Waals surface area contributed by atoms with Crippen LogP contribution in [0.3, 0.4) is 0 Å². The summed E-state index contributed by atoms with van der Waals surface area (Å²) in [6, 6.07) is 19.3. The van der Waals surface area contributed by atoms with Gasteiger partial charge < -0.3 is 15.0 Å². The van der Waals surface area contributed by atoms with E-state index in [1.807, 2.05) is 30.3 Å². The van der Waals surface area contributed by atoms with Crippen molar-refractivity contribution in [1.82, 2.24) is 20.1 Å². The maximum atomic E-state index is 13.2. The standard InChI is InChI=1S/C33H33F3N6O2S/c1-20(2)28-6-4-5-7-29(28)41-17-21(3)18-45-32(41)39-31(43)38-25-15-22-8-9-23(14-24(22)16-25)30-37-19-42(40-30)26-10-12-27(13-11-26)44-33(34,35)36/h4-14,19-21,25H,15-18H2,1-3H3,(H,38,43)/b39-32-. The third-order valence-corrected chi connectivity index (χ3v) is 9.13. The molecule has 0 saturated carbocycles. The lowest BCUT2D eigenvalue weighted by molar-refractivity contribution is -0.274. The van der Waals surface area contributed by atoms with Gasteiger partial charge in [0, 0.05) is 29.6 Å². The number of alkyl halides is 3. The van der Waals surface area contributed by atoms with Crippen molar-refractivity contribution >= 4 is 28.6 Å². The second-order valence-corrected chi connectivity index (χ2v) is 12.7.